The van der Waals surface area contributed by atoms with E-state index < -0.39 is 0 Å². The third-order valence-electron chi connectivity index (χ3n) is 2.42. The lowest BCUT2D eigenvalue weighted by Crippen LogP contribution is -2.06. The van der Waals surface area contributed by atoms with Crippen LogP contribution in [0.25, 0.3) is 0 Å². The highest BCUT2D eigenvalue weighted by atomic mass is 16.1. The van der Waals surface area contributed by atoms with Crippen molar-refractivity contribution in [3.05, 3.63) is 23.8 Å². The van der Waals surface area contributed by atoms with E-state index in [1.54, 1.807) is 6.08 Å². The average Bonchev–Trinajstić information content (AvgIpc) is 2.29. The minimum absolute atomic E-state index is 0.0894. The van der Waals surface area contributed by atoms with Gasteiger partial charge in [-0.25, -0.2) is 0 Å². The van der Waals surface area contributed by atoms with Gasteiger partial charge < -0.3 is 0 Å². The van der Waals surface area contributed by atoms with Crippen molar-refractivity contribution >= 4 is 5.78 Å². The van der Waals surface area contributed by atoms with E-state index >= 15 is 0 Å². The predicted molar refractivity (Wildman–Crippen MR) is 50.9 cm³/mol. The molecule has 1 atom stereocenters. The van der Waals surface area contributed by atoms with Crippen molar-refractivity contribution in [3.63, 3.8) is 0 Å². The summed E-state index contributed by atoms with van der Waals surface area (Å²) >= 11 is 0. The number of ketones is 1. The fourth-order valence-corrected chi connectivity index (χ4v) is 1.71. The van der Waals surface area contributed by atoms with Crippen LogP contribution in [-0.2, 0) is 4.79 Å². The largest absolute Gasteiger partial charge is 0.294 e. The minimum atomic E-state index is 0.0894. The molecule has 66 valence electrons. The molecule has 0 aromatic heterocycles. The fraction of sp³-hybridized carbons (Fsp3) is 0.545. The monoisotopic (exact) mass is 164 g/mol. The van der Waals surface area contributed by atoms with Gasteiger partial charge in [0.15, 0.2) is 5.78 Å². The van der Waals surface area contributed by atoms with E-state index in [1.165, 1.54) is 5.57 Å². The van der Waals surface area contributed by atoms with E-state index in [4.69, 9.17) is 0 Å². The Bertz CT molecular complexity index is 235. The Morgan fingerprint density at radius 2 is 2.17 bits per heavy atom. The van der Waals surface area contributed by atoms with Crippen LogP contribution in [0, 0.1) is 5.92 Å². The molecular weight excluding hydrogens is 148 g/mol. The summed E-state index contributed by atoms with van der Waals surface area (Å²) in [6.07, 6.45) is 4.76. The molecular formula is C11H16O. The molecule has 0 radical (unpaired) electrons. The molecule has 1 heteroatoms. The maximum Gasteiger partial charge on any atom is 0.163 e. The van der Waals surface area contributed by atoms with E-state index in [0.717, 1.165) is 24.8 Å². The van der Waals surface area contributed by atoms with Crippen LogP contribution in [0.2, 0.25) is 0 Å². The zero-order valence-electron chi connectivity index (χ0n) is 7.89. The minimum Gasteiger partial charge on any atom is -0.294 e. The van der Waals surface area contributed by atoms with Crippen LogP contribution in [0.15, 0.2) is 23.8 Å². The number of hydrogen-bond acceptors (Lipinski definition) is 1. The highest BCUT2D eigenvalue weighted by Crippen LogP contribution is 2.31. The van der Waals surface area contributed by atoms with E-state index in [0.29, 0.717) is 0 Å². The van der Waals surface area contributed by atoms with Gasteiger partial charge in [0.1, 0.15) is 0 Å². The highest BCUT2D eigenvalue weighted by molar-refractivity contribution is 5.99. The molecule has 1 unspecified atom stereocenters. The summed E-state index contributed by atoms with van der Waals surface area (Å²) in [6.45, 7) is 8.13. The Kier molecular flexibility index (Phi) is 2.85. The van der Waals surface area contributed by atoms with Crippen molar-refractivity contribution in [2.24, 2.45) is 5.92 Å². The van der Waals surface area contributed by atoms with E-state index in [-0.39, 0.29) is 11.7 Å². The molecule has 0 aromatic rings. The van der Waals surface area contributed by atoms with E-state index in [1.807, 2.05) is 6.92 Å². The third-order valence-corrected chi connectivity index (χ3v) is 2.42. The van der Waals surface area contributed by atoms with Crippen LogP contribution in [0.3, 0.4) is 0 Å². The second-order valence-corrected chi connectivity index (χ2v) is 3.31. The molecule has 0 saturated carbocycles. The molecule has 0 aliphatic heterocycles. The lowest BCUT2D eigenvalue weighted by atomic mass is 9.95. The second-order valence-electron chi connectivity index (χ2n) is 3.31. The van der Waals surface area contributed by atoms with Gasteiger partial charge in [-0.1, -0.05) is 26.8 Å². The Balaban J connectivity index is 2.74. The molecule has 12 heavy (non-hydrogen) atoms. The van der Waals surface area contributed by atoms with Gasteiger partial charge in [0.25, 0.3) is 0 Å². The van der Waals surface area contributed by atoms with Gasteiger partial charge in [-0.2, -0.15) is 0 Å². The number of carbonyl (C=O) groups is 1. The lowest BCUT2D eigenvalue weighted by Gasteiger charge is -2.08. The van der Waals surface area contributed by atoms with Crippen molar-refractivity contribution in [1.29, 1.82) is 0 Å². The smallest absolute Gasteiger partial charge is 0.163 e. The number of rotatable bonds is 3. The summed E-state index contributed by atoms with van der Waals surface area (Å²) in [5.74, 6) is 0.345. The van der Waals surface area contributed by atoms with Crippen LogP contribution in [0.5, 0.6) is 0 Å². The van der Waals surface area contributed by atoms with Crippen LogP contribution in [-0.4, -0.2) is 5.78 Å². The van der Waals surface area contributed by atoms with Crippen molar-refractivity contribution in [3.8, 4) is 0 Å². The Labute approximate surface area is 74.2 Å². The predicted octanol–water partition coefficient (Wildman–Crippen LogP) is 2.88. The van der Waals surface area contributed by atoms with Gasteiger partial charge >= 0.3 is 0 Å². The van der Waals surface area contributed by atoms with Gasteiger partial charge in [0.2, 0.25) is 0 Å². The Hall–Kier alpha value is -0.850. The van der Waals surface area contributed by atoms with Crippen molar-refractivity contribution in [2.45, 2.75) is 33.1 Å². The summed E-state index contributed by atoms with van der Waals surface area (Å²) in [4.78, 5) is 11.4. The maximum absolute atomic E-state index is 11.4. The Morgan fingerprint density at radius 1 is 1.50 bits per heavy atom. The number of hydrogen-bond donors (Lipinski definition) is 0. The highest BCUT2D eigenvalue weighted by Gasteiger charge is 2.26. The molecule has 1 aliphatic rings. The van der Waals surface area contributed by atoms with Crippen molar-refractivity contribution in [1.82, 2.24) is 0 Å². The molecule has 0 aromatic carbocycles. The van der Waals surface area contributed by atoms with Gasteiger partial charge in [-0.15, -0.1) is 0 Å². The summed E-state index contributed by atoms with van der Waals surface area (Å²) in [6, 6.07) is 0. The molecule has 0 fully saturated rings. The number of allylic oxidation sites excluding steroid dienone is 3. The average molecular weight is 164 g/mol. The first-order valence-corrected chi connectivity index (χ1v) is 4.64. The lowest BCUT2D eigenvalue weighted by molar-refractivity contribution is -0.116. The maximum atomic E-state index is 11.4. The molecule has 1 aliphatic carbocycles. The fourth-order valence-electron chi connectivity index (χ4n) is 1.71. The molecule has 1 nitrogen and oxygen atoms in total. The second kappa shape index (κ2) is 3.70. The molecule has 0 heterocycles. The summed E-state index contributed by atoms with van der Waals surface area (Å²) in [5.41, 5.74) is 2.23. The molecule has 0 spiro atoms. The molecule has 0 bridgehead atoms. The van der Waals surface area contributed by atoms with E-state index in [2.05, 4.69) is 13.5 Å². The summed E-state index contributed by atoms with van der Waals surface area (Å²) in [5, 5.41) is 0. The third kappa shape index (κ3) is 1.50. The van der Waals surface area contributed by atoms with E-state index in [9.17, 15) is 4.79 Å². The molecule has 1 rings (SSSR count). The van der Waals surface area contributed by atoms with Gasteiger partial charge in [0, 0.05) is 5.92 Å². The van der Waals surface area contributed by atoms with Crippen molar-refractivity contribution in [2.75, 3.05) is 0 Å². The molecule has 0 amide bonds. The normalized spacial score (nSPS) is 23.2. The van der Waals surface area contributed by atoms with Crippen molar-refractivity contribution < 1.29 is 4.79 Å². The molecule has 0 saturated heterocycles. The standard InChI is InChI=1S/C11H16O/c1-4-6-9-7-11(12)10(5-2)8(9)3/h7,10H,3-6H2,1-2H3. The Morgan fingerprint density at radius 3 is 2.58 bits per heavy atom. The zero-order chi connectivity index (χ0) is 9.14. The first-order valence-electron chi connectivity index (χ1n) is 4.64. The van der Waals surface area contributed by atoms with Crippen LogP contribution in [0.4, 0.5) is 0 Å². The van der Waals surface area contributed by atoms with Crippen LogP contribution >= 0.6 is 0 Å². The van der Waals surface area contributed by atoms with Gasteiger partial charge in [0.05, 0.1) is 0 Å². The number of carbonyl (C=O) groups excluding carboxylic acids is 1. The SMILES string of the molecule is C=C1C(CCC)=CC(=O)C1CC. The quantitative estimate of drug-likeness (QED) is 0.626. The summed E-state index contributed by atoms with van der Waals surface area (Å²) in [7, 11) is 0. The first kappa shape index (κ1) is 9.24. The molecule has 0 N–H and O–H groups in total. The topological polar surface area (TPSA) is 17.1 Å². The van der Waals surface area contributed by atoms with Crippen LogP contribution < -0.4 is 0 Å². The summed E-state index contributed by atoms with van der Waals surface area (Å²) < 4.78 is 0. The van der Waals surface area contributed by atoms with Gasteiger partial charge in [-0.05, 0) is 30.1 Å². The zero-order valence-corrected chi connectivity index (χ0v) is 7.89. The first-order chi connectivity index (χ1) is 5.70. The van der Waals surface area contributed by atoms with Crippen LogP contribution in [0.1, 0.15) is 33.1 Å². The van der Waals surface area contributed by atoms with Gasteiger partial charge in [-0.3, -0.25) is 4.79 Å².